The minimum atomic E-state index is -2.77. The molecule has 12 heavy (non-hydrogen) atoms. The van der Waals surface area contributed by atoms with Gasteiger partial charge in [0, 0.05) is 16.8 Å². The zero-order valence-electron chi connectivity index (χ0n) is 7.88. The summed E-state index contributed by atoms with van der Waals surface area (Å²) in [6.45, 7) is 4.25. The lowest BCUT2D eigenvalue weighted by molar-refractivity contribution is 0.565. The molecular weight excluding hydrogens is 240 g/mol. The Morgan fingerprint density at radius 3 is 2.17 bits per heavy atom. The maximum absolute atomic E-state index is 10.8. The van der Waals surface area contributed by atoms with E-state index in [0.717, 1.165) is 12.8 Å². The topological polar surface area (TPSA) is 34.1 Å². The molecular formula is C8H17BrO2S. The van der Waals surface area contributed by atoms with Crippen molar-refractivity contribution in [2.45, 2.75) is 31.5 Å². The molecule has 74 valence electrons. The van der Waals surface area contributed by atoms with E-state index < -0.39 is 9.84 Å². The predicted molar refractivity (Wildman–Crippen MR) is 56.5 cm³/mol. The van der Waals surface area contributed by atoms with E-state index in [1.807, 2.05) is 0 Å². The maximum Gasteiger partial charge on any atom is 0.147 e. The predicted octanol–water partition coefficient (Wildman–Crippen LogP) is 2.23. The Kier molecular flexibility index (Phi) is 5.41. The fourth-order valence-electron chi connectivity index (χ4n) is 0.874. The molecule has 0 aliphatic carbocycles. The zero-order chi connectivity index (χ0) is 9.78. The van der Waals surface area contributed by atoms with Crippen molar-refractivity contribution in [2.24, 2.45) is 5.92 Å². The monoisotopic (exact) mass is 256 g/mol. The van der Waals surface area contributed by atoms with Crippen molar-refractivity contribution < 1.29 is 8.42 Å². The van der Waals surface area contributed by atoms with Crippen LogP contribution in [0.2, 0.25) is 0 Å². The number of alkyl halides is 1. The van der Waals surface area contributed by atoms with Gasteiger partial charge in [-0.2, -0.15) is 0 Å². The average Bonchev–Trinajstić information content (AvgIpc) is 1.84. The molecule has 1 atom stereocenters. The van der Waals surface area contributed by atoms with Gasteiger partial charge < -0.3 is 0 Å². The molecule has 0 saturated heterocycles. The van der Waals surface area contributed by atoms with Crippen molar-refractivity contribution in [1.82, 2.24) is 0 Å². The number of sulfone groups is 1. The van der Waals surface area contributed by atoms with Gasteiger partial charge in [0.25, 0.3) is 0 Å². The van der Waals surface area contributed by atoms with Crippen molar-refractivity contribution >= 4 is 25.8 Å². The van der Waals surface area contributed by atoms with Crippen LogP contribution in [0.15, 0.2) is 0 Å². The Hall–Kier alpha value is 0.430. The minimum Gasteiger partial charge on any atom is -0.229 e. The summed E-state index contributed by atoms with van der Waals surface area (Å²) < 4.78 is 21.5. The van der Waals surface area contributed by atoms with Crippen LogP contribution in [0, 0.1) is 5.92 Å². The van der Waals surface area contributed by atoms with E-state index in [0.29, 0.717) is 16.5 Å². The van der Waals surface area contributed by atoms with Crippen molar-refractivity contribution in [3.63, 3.8) is 0 Å². The highest BCUT2D eigenvalue weighted by Crippen LogP contribution is 2.17. The third-order valence-corrected chi connectivity index (χ3v) is 4.26. The van der Waals surface area contributed by atoms with E-state index in [9.17, 15) is 8.42 Å². The summed E-state index contributed by atoms with van der Waals surface area (Å²) in [4.78, 5) is 0.444. The SMILES string of the molecule is CC(C)C(Br)CCCS(C)(=O)=O. The van der Waals surface area contributed by atoms with Crippen LogP contribution in [0.3, 0.4) is 0 Å². The highest BCUT2D eigenvalue weighted by atomic mass is 79.9. The number of hydrogen-bond donors (Lipinski definition) is 0. The third-order valence-electron chi connectivity index (χ3n) is 1.72. The van der Waals surface area contributed by atoms with Gasteiger partial charge in [0.1, 0.15) is 9.84 Å². The fourth-order valence-corrected chi connectivity index (χ4v) is 1.89. The number of rotatable bonds is 5. The normalized spacial score (nSPS) is 15.1. The highest BCUT2D eigenvalue weighted by molar-refractivity contribution is 9.09. The first-order valence-corrected chi connectivity index (χ1v) is 7.12. The lowest BCUT2D eigenvalue weighted by atomic mass is 10.1. The van der Waals surface area contributed by atoms with Gasteiger partial charge in [0.2, 0.25) is 0 Å². The van der Waals surface area contributed by atoms with Crippen molar-refractivity contribution in [1.29, 1.82) is 0 Å². The van der Waals surface area contributed by atoms with Gasteiger partial charge >= 0.3 is 0 Å². The standard InChI is InChI=1S/C8H17BrO2S/c1-7(2)8(9)5-4-6-12(3,10)11/h7-8H,4-6H2,1-3H3. The van der Waals surface area contributed by atoms with E-state index in [2.05, 4.69) is 29.8 Å². The van der Waals surface area contributed by atoms with Crippen molar-refractivity contribution in [2.75, 3.05) is 12.0 Å². The fraction of sp³-hybridized carbons (Fsp3) is 1.00. The van der Waals surface area contributed by atoms with Crippen LogP contribution in [0.1, 0.15) is 26.7 Å². The molecule has 0 aromatic heterocycles. The average molecular weight is 257 g/mol. The van der Waals surface area contributed by atoms with Crippen LogP contribution in [0.4, 0.5) is 0 Å². The van der Waals surface area contributed by atoms with Crippen molar-refractivity contribution in [3.8, 4) is 0 Å². The van der Waals surface area contributed by atoms with Crippen LogP contribution >= 0.6 is 15.9 Å². The van der Waals surface area contributed by atoms with Crippen LogP contribution in [0.5, 0.6) is 0 Å². The highest BCUT2D eigenvalue weighted by Gasteiger charge is 2.10. The van der Waals surface area contributed by atoms with Crippen LogP contribution in [-0.4, -0.2) is 25.3 Å². The molecule has 0 amide bonds. The largest absolute Gasteiger partial charge is 0.229 e. The summed E-state index contributed by atoms with van der Waals surface area (Å²) in [6, 6.07) is 0. The first-order valence-electron chi connectivity index (χ1n) is 4.14. The lowest BCUT2D eigenvalue weighted by Crippen LogP contribution is -2.10. The third kappa shape index (κ3) is 7.10. The Bertz CT molecular complexity index is 209. The number of hydrogen-bond acceptors (Lipinski definition) is 2. The lowest BCUT2D eigenvalue weighted by Gasteiger charge is -2.12. The van der Waals surface area contributed by atoms with E-state index in [-0.39, 0.29) is 0 Å². The van der Waals surface area contributed by atoms with E-state index in [4.69, 9.17) is 0 Å². The van der Waals surface area contributed by atoms with E-state index in [1.165, 1.54) is 6.26 Å². The summed E-state index contributed by atoms with van der Waals surface area (Å²) in [5.41, 5.74) is 0. The second kappa shape index (κ2) is 5.22. The Morgan fingerprint density at radius 2 is 1.83 bits per heavy atom. The number of halogens is 1. The van der Waals surface area contributed by atoms with E-state index >= 15 is 0 Å². The molecule has 0 heterocycles. The second-order valence-corrected chi connectivity index (χ2v) is 6.97. The smallest absolute Gasteiger partial charge is 0.147 e. The van der Waals surface area contributed by atoms with Gasteiger partial charge in [-0.05, 0) is 18.8 Å². The molecule has 0 aliphatic heterocycles. The molecule has 0 N–H and O–H groups in total. The maximum atomic E-state index is 10.8. The molecule has 0 bridgehead atoms. The van der Waals surface area contributed by atoms with Gasteiger partial charge in [-0.3, -0.25) is 0 Å². The van der Waals surface area contributed by atoms with Gasteiger partial charge in [-0.15, -0.1) is 0 Å². The molecule has 1 unspecified atom stereocenters. The minimum absolute atomic E-state index is 0.307. The summed E-state index contributed by atoms with van der Waals surface area (Å²) in [7, 11) is -2.77. The first-order chi connectivity index (χ1) is 5.33. The quantitative estimate of drug-likeness (QED) is 0.708. The van der Waals surface area contributed by atoms with Gasteiger partial charge in [-0.1, -0.05) is 29.8 Å². The molecule has 0 aromatic carbocycles. The Labute approximate surface area is 83.8 Å². The first kappa shape index (κ1) is 12.4. The molecule has 0 aliphatic rings. The summed E-state index contributed by atoms with van der Waals surface area (Å²) >= 11 is 3.52. The Morgan fingerprint density at radius 1 is 1.33 bits per heavy atom. The zero-order valence-corrected chi connectivity index (χ0v) is 10.3. The Balaban J connectivity index is 3.58. The van der Waals surface area contributed by atoms with E-state index in [1.54, 1.807) is 0 Å². The summed E-state index contributed by atoms with van der Waals surface area (Å²) in [5, 5.41) is 0. The molecule has 0 radical (unpaired) electrons. The molecule has 0 aromatic rings. The van der Waals surface area contributed by atoms with Crippen LogP contribution in [0.25, 0.3) is 0 Å². The van der Waals surface area contributed by atoms with Crippen LogP contribution in [-0.2, 0) is 9.84 Å². The van der Waals surface area contributed by atoms with Crippen LogP contribution < -0.4 is 0 Å². The van der Waals surface area contributed by atoms with Gasteiger partial charge in [-0.25, -0.2) is 8.42 Å². The molecule has 2 nitrogen and oxygen atoms in total. The molecule has 4 heteroatoms. The molecule has 0 saturated carbocycles. The molecule has 0 rings (SSSR count). The second-order valence-electron chi connectivity index (χ2n) is 3.53. The summed E-state index contributed by atoms with van der Waals surface area (Å²) in [6.07, 6.45) is 2.98. The van der Waals surface area contributed by atoms with Crippen molar-refractivity contribution in [3.05, 3.63) is 0 Å². The van der Waals surface area contributed by atoms with Gasteiger partial charge in [0.05, 0.1) is 0 Å². The summed E-state index contributed by atoms with van der Waals surface area (Å²) in [5.74, 6) is 0.881. The van der Waals surface area contributed by atoms with Gasteiger partial charge in [0.15, 0.2) is 0 Å². The molecule has 0 fully saturated rings. The molecule has 0 spiro atoms.